The van der Waals surface area contributed by atoms with Crippen LogP contribution in [0.25, 0.3) is 0 Å². The van der Waals surface area contributed by atoms with Crippen LogP contribution in [-0.2, 0) is 28.5 Å². The Bertz CT molecular complexity index is 1670. The minimum absolute atomic E-state index is 0.140. The molecule has 3 heterocycles. The molecule has 3 rings (SSSR count). The number of esters is 1. The molecule has 3 aliphatic heterocycles. The number of nitrogens with two attached hydrogens (primary N) is 1. The number of cyclic esters (lactones) is 1. The summed E-state index contributed by atoms with van der Waals surface area (Å²) < 4.78 is 23.1. The van der Waals surface area contributed by atoms with Gasteiger partial charge in [-0.1, -0.05) is 98.9 Å². The number of ether oxygens (including phenoxy) is 4. The zero-order valence-corrected chi connectivity index (χ0v) is 37.6. The molecule has 0 aromatic carbocycles. The zero-order chi connectivity index (χ0) is 48.4. The summed E-state index contributed by atoms with van der Waals surface area (Å²) in [5, 5.41) is 118. The first-order chi connectivity index (χ1) is 30.6. The van der Waals surface area contributed by atoms with Crippen LogP contribution in [0.1, 0.15) is 79.1 Å². The molecule has 2 saturated heterocycles. The highest BCUT2D eigenvalue weighted by molar-refractivity contribution is 5.71. The quantitative estimate of drug-likeness (QED) is 0.174. The Balaban J connectivity index is 1.86. The second-order valence-corrected chi connectivity index (χ2v) is 17.6. The molecular weight excluding hydrogens is 851 g/mol. The Morgan fingerprint density at radius 1 is 0.662 bits per heavy atom. The molecule has 0 spiro atoms. The molecule has 2 unspecified atom stereocenters. The minimum Gasteiger partial charge on any atom is -0.481 e. The van der Waals surface area contributed by atoms with Crippen molar-refractivity contribution in [2.24, 2.45) is 23.5 Å². The van der Waals surface area contributed by atoms with Crippen molar-refractivity contribution in [3.63, 3.8) is 0 Å². The van der Waals surface area contributed by atoms with Gasteiger partial charge >= 0.3 is 11.9 Å². The number of hydrogen-bond acceptors (Lipinski definition) is 17. The molecule has 65 heavy (non-hydrogen) atoms. The van der Waals surface area contributed by atoms with Crippen LogP contribution >= 0.6 is 0 Å². The Kier molecular flexibility index (Phi) is 23.6. The maximum Gasteiger partial charge on any atom is 0.311 e. The molecule has 0 aliphatic carbocycles. The topological polar surface area (TPSA) is 320 Å². The second-order valence-electron chi connectivity index (χ2n) is 17.6. The number of fused-ring (bicyclic) bond motifs is 2. The molecule has 19 atom stereocenters. The molecule has 0 aromatic rings. The molecule has 0 saturated carbocycles. The smallest absolute Gasteiger partial charge is 0.311 e. The summed E-state index contributed by atoms with van der Waals surface area (Å²) in [6, 6.07) is -1.15. The Hall–Kier alpha value is -3.44. The van der Waals surface area contributed by atoms with Crippen LogP contribution in [0.5, 0.6) is 0 Å². The van der Waals surface area contributed by atoms with Crippen LogP contribution in [0.3, 0.4) is 0 Å². The van der Waals surface area contributed by atoms with Gasteiger partial charge in [0.2, 0.25) is 0 Å². The van der Waals surface area contributed by atoms with Gasteiger partial charge < -0.3 is 80.9 Å². The van der Waals surface area contributed by atoms with E-state index in [1.165, 1.54) is 13.0 Å². The molecule has 368 valence electrons. The zero-order valence-electron chi connectivity index (χ0n) is 37.6. The molecule has 0 aromatic heterocycles. The molecule has 2 fully saturated rings. The number of aliphatic hydroxyl groups is 10. The van der Waals surface area contributed by atoms with Gasteiger partial charge in [0.25, 0.3) is 0 Å². The Morgan fingerprint density at radius 2 is 1.20 bits per heavy atom. The number of hydrogen-bond donors (Lipinski definition) is 12. The minimum atomic E-state index is -2.36. The van der Waals surface area contributed by atoms with Gasteiger partial charge in [-0.15, -0.1) is 0 Å². The predicted molar refractivity (Wildman–Crippen MR) is 237 cm³/mol. The van der Waals surface area contributed by atoms with E-state index >= 15 is 0 Å². The average molecular weight is 924 g/mol. The molecule has 18 heteroatoms. The predicted octanol–water partition coefficient (Wildman–Crippen LogP) is 0.712. The first kappa shape index (κ1) is 55.9. The summed E-state index contributed by atoms with van der Waals surface area (Å²) in [7, 11) is 0. The first-order valence-electron chi connectivity index (χ1n) is 22.3. The average Bonchev–Trinajstić information content (AvgIpc) is 3.21. The van der Waals surface area contributed by atoms with Crippen LogP contribution in [-0.4, -0.2) is 166 Å². The van der Waals surface area contributed by atoms with Crippen LogP contribution in [0.2, 0.25) is 0 Å². The van der Waals surface area contributed by atoms with Crippen molar-refractivity contribution in [2.45, 2.75) is 177 Å². The third-order valence-electron chi connectivity index (χ3n) is 12.0. The standard InChI is InChI=1S/C47H73NO17/c1-27-17-15-13-11-9-7-5-6-8-10-12-14-16-18-34(64-46-44(58)41(48)43(57)30(4)63-46)24-38-40(45(59)60)37(54)26-47(61,65-38)25-36(53)35(52)20-19-31(49)21-32(50)22-33(51)23-39(55)62-29(3)28(2)42(27)56/h5-18,27-38,40-44,46,49-54,56-58,61H,19-26,48H2,1-4H3,(H,59,60)/b6-5+,9-7+,10-8+,13-11+,14-12+,17-15+,18-16+/t27-,28-,29-,30?,31+,32+,33+,34-,35+,36+,37-,38-,40+,41?,42+,43+,44-,46-,47+/m0/s1. The van der Waals surface area contributed by atoms with Crippen molar-refractivity contribution in [3.05, 3.63) is 85.1 Å². The number of aliphatic hydroxyl groups excluding tert-OH is 9. The number of aliphatic carboxylic acids is 1. The van der Waals surface area contributed by atoms with Gasteiger partial charge in [-0.25, -0.2) is 0 Å². The van der Waals surface area contributed by atoms with E-state index in [4.69, 9.17) is 24.7 Å². The van der Waals surface area contributed by atoms with E-state index in [1.807, 2.05) is 13.0 Å². The van der Waals surface area contributed by atoms with Gasteiger partial charge in [-0.2, -0.15) is 0 Å². The highest BCUT2D eigenvalue weighted by Gasteiger charge is 2.51. The maximum absolute atomic E-state index is 12.6. The Morgan fingerprint density at radius 3 is 1.78 bits per heavy atom. The van der Waals surface area contributed by atoms with E-state index in [-0.39, 0.29) is 38.0 Å². The first-order valence-corrected chi connectivity index (χ1v) is 22.3. The molecule has 0 amide bonds. The summed E-state index contributed by atoms with van der Waals surface area (Å²) in [6.07, 6.45) is 3.49. The maximum atomic E-state index is 12.6. The number of carboxylic acid groups (broad SMARTS) is 1. The lowest BCUT2D eigenvalue weighted by atomic mass is 9.82. The van der Waals surface area contributed by atoms with E-state index in [0.29, 0.717) is 0 Å². The van der Waals surface area contributed by atoms with E-state index in [0.717, 1.165) is 0 Å². The fourth-order valence-corrected chi connectivity index (χ4v) is 7.96. The van der Waals surface area contributed by atoms with Gasteiger partial charge in [-0.3, -0.25) is 9.59 Å². The van der Waals surface area contributed by atoms with Crippen LogP contribution in [0.15, 0.2) is 85.1 Å². The van der Waals surface area contributed by atoms with Crippen LogP contribution in [0, 0.1) is 17.8 Å². The lowest BCUT2D eigenvalue weighted by Gasteiger charge is -2.45. The summed E-state index contributed by atoms with van der Waals surface area (Å²) in [5.74, 6) is -6.88. The van der Waals surface area contributed by atoms with Crippen LogP contribution in [0.4, 0.5) is 0 Å². The lowest BCUT2D eigenvalue weighted by molar-refractivity contribution is -0.310. The lowest BCUT2D eigenvalue weighted by Crippen LogP contribution is -2.61. The van der Waals surface area contributed by atoms with Crippen molar-refractivity contribution in [2.75, 3.05) is 0 Å². The number of allylic oxidation sites excluding steroid dienone is 12. The van der Waals surface area contributed by atoms with Crippen LogP contribution < -0.4 is 5.73 Å². The number of carboxylic acids is 1. The fourth-order valence-electron chi connectivity index (χ4n) is 7.96. The van der Waals surface area contributed by atoms with E-state index in [1.54, 1.807) is 86.8 Å². The molecule has 2 bridgehead atoms. The summed E-state index contributed by atoms with van der Waals surface area (Å²) in [4.78, 5) is 25.1. The highest BCUT2D eigenvalue weighted by atomic mass is 16.7. The number of rotatable bonds is 3. The molecule has 0 radical (unpaired) electrons. The van der Waals surface area contributed by atoms with Gasteiger partial charge in [-0.05, 0) is 39.5 Å². The molecule has 3 aliphatic rings. The van der Waals surface area contributed by atoms with E-state index in [2.05, 4.69) is 0 Å². The van der Waals surface area contributed by atoms with Gasteiger partial charge in [0.1, 0.15) is 18.1 Å². The number of carbonyl (C=O) groups excluding carboxylic acids is 1. The Labute approximate surface area is 381 Å². The SMILES string of the molecule is CC1O[C@@H](O[C@H]2/C=C/C=C/C=C/C=C/C=C/C=C/C=C/[C@H](C)[C@@H](O)[C@@H](C)[C@H](C)OC(=O)C[C@H](O)C[C@H](O)C[C@H](O)CC[C@@H](O)[C@H](O)C[C@]3(O)C[C@H](O)[C@@H](C(=O)O)[C@H](C2)O3)[C@@H](O)C(N)[C@@H]1O. The third-order valence-corrected chi connectivity index (χ3v) is 12.0. The fraction of sp³-hybridized carbons (Fsp3) is 0.660. The van der Waals surface area contributed by atoms with Crippen molar-refractivity contribution in [1.82, 2.24) is 0 Å². The van der Waals surface area contributed by atoms with Gasteiger partial charge in [0, 0.05) is 31.1 Å². The van der Waals surface area contributed by atoms with E-state index in [9.17, 15) is 65.8 Å². The summed E-state index contributed by atoms with van der Waals surface area (Å²) in [6.45, 7) is 6.74. The van der Waals surface area contributed by atoms with Crippen molar-refractivity contribution < 1.29 is 84.7 Å². The van der Waals surface area contributed by atoms with Crippen molar-refractivity contribution in [1.29, 1.82) is 0 Å². The van der Waals surface area contributed by atoms with Gasteiger partial charge in [0.05, 0.1) is 79.6 Å². The van der Waals surface area contributed by atoms with Gasteiger partial charge in [0.15, 0.2) is 12.1 Å². The van der Waals surface area contributed by atoms with E-state index < -0.39 is 141 Å². The summed E-state index contributed by atoms with van der Waals surface area (Å²) >= 11 is 0. The monoisotopic (exact) mass is 923 g/mol. The highest BCUT2D eigenvalue weighted by Crippen LogP contribution is 2.38. The molecular formula is C47H73NO17. The largest absolute Gasteiger partial charge is 0.481 e. The normalized spacial score (nSPS) is 45.5. The second kappa shape index (κ2) is 27.4. The van der Waals surface area contributed by atoms with Crippen molar-refractivity contribution in [3.8, 4) is 0 Å². The number of carbonyl (C=O) groups is 2. The molecule has 18 nitrogen and oxygen atoms in total. The third kappa shape index (κ3) is 18.6. The van der Waals surface area contributed by atoms with Crippen molar-refractivity contribution >= 4 is 11.9 Å². The molecule has 13 N–H and O–H groups in total. The summed E-state index contributed by atoms with van der Waals surface area (Å²) in [5.41, 5.74) is 6.02.